The second kappa shape index (κ2) is 10.7. The molecule has 8 heteroatoms. The summed E-state index contributed by atoms with van der Waals surface area (Å²) in [7, 11) is -3.30. The fraction of sp³-hybridized carbons (Fsp3) is 0.533. The second-order valence-corrected chi connectivity index (χ2v) is 14.6. The molecule has 0 saturated heterocycles. The number of sulfone groups is 1. The van der Waals surface area contributed by atoms with Gasteiger partial charge in [0.15, 0.2) is 9.84 Å². The Bertz CT molecular complexity index is 1260. The maximum absolute atomic E-state index is 13.7. The van der Waals surface area contributed by atoms with Crippen LogP contribution in [0.25, 0.3) is 0 Å². The van der Waals surface area contributed by atoms with E-state index in [9.17, 15) is 23.1 Å². The predicted molar refractivity (Wildman–Crippen MR) is 150 cm³/mol. The van der Waals surface area contributed by atoms with Crippen LogP contribution in [0.2, 0.25) is 0 Å². The molecule has 1 fully saturated rings. The molecule has 3 N–H and O–H groups in total. The number of carbonyl (C=O) groups is 2. The lowest BCUT2D eigenvalue weighted by Gasteiger charge is -2.37. The largest absolute Gasteiger partial charge is 0.507 e. The fourth-order valence-electron chi connectivity index (χ4n) is 4.97. The van der Waals surface area contributed by atoms with Crippen molar-refractivity contribution in [3.8, 4) is 5.75 Å². The molecule has 1 aliphatic rings. The van der Waals surface area contributed by atoms with E-state index in [4.69, 9.17) is 0 Å². The minimum absolute atomic E-state index is 0.202. The van der Waals surface area contributed by atoms with Gasteiger partial charge in [-0.05, 0) is 53.5 Å². The lowest BCUT2D eigenvalue weighted by molar-refractivity contribution is -0.128. The smallest absolute Gasteiger partial charge is 0.252 e. The van der Waals surface area contributed by atoms with Crippen molar-refractivity contribution < 1.29 is 23.1 Å². The fourth-order valence-corrected chi connectivity index (χ4v) is 5.60. The van der Waals surface area contributed by atoms with Gasteiger partial charge in [-0.3, -0.25) is 9.59 Å². The van der Waals surface area contributed by atoms with Crippen molar-refractivity contribution in [2.45, 2.75) is 101 Å². The summed E-state index contributed by atoms with van der Waals surface area (Å²) in [6, 6.07) is 9.89. The molecule has 0 unspecified atom stereocenters. The van der Waals surface area contributed by atoms with E-state index in [1.807, 2.05) is 41.5 Å². The van der Waals surface area contributed by atoms with Gasteiger partial charge in [0.05, 0.1) is 4.90 Å². The Kier molecular flexibility index (Phi) is 8.37. The molecule has 3 rings (SSSR count). The van der Waals surface area contributed by atoms with Crippen LogP contribution in [0.1, 0.15) is 101 Å². The van der Waals surface area contributed by atoms with E-state index in [1.54, 1.807) is 24.3 Å². The third-order valence-electron chi connectivity index (χ3n) is 7.29. The van der Waals surface area contributed by atoms with Crippen LogP contribution in [0.15, 0.2) is 41.3 Å². The van der Waals surface area contributed by atoms with Gasteiger partial charge in [0.2, 0.25) is 5.91 Å². The molecule has 1 aliphatic carbocycles. The summed E-state index contributed by atoms with van der Waals surface area (Å²) in [4.78, 5) is 27.4. The number of aromatic hydroxyl groups is 1. The Balaban J connectivity index is 1.88. The lowest BCUT2D eigenvalue weighted by Crippen LogP contribution is -2.59. The summed E-state index contributed by atoms with van der Waals surface area (Å²) in [6.07, 6.45) is 4.88. The van der Waals surface area contributed by atoms with E-state index in [-0.39, 0.29) is 39.8 Å². The molecule has 0 aliphatic heterocycles. The average molecular weight is 543 g/mol. The molecule has 2 aromatic rings. The van der Waals surface area contributed by atoms with Gasteiger partial charge in [-0.25, -0.2) is 8.42 Å². The van der Waals surface area contributed by atoms with Crippen LogP contribution in [0.3, 0.4) is 0 Å². The Morgan fingerprint density at radius 1 is 0.895 bits per heavy atom. The first-order valence-electron chi connectivity index (χ1n) is 13.2. The van der Waals surface area contributed by atoms with Gasteiger partial charge in [-0.15, -0.1) is 0 Å². The zero-order valence-corrected chi connectivity index (χ0v) is 24.5. The topological polar surface area (TPSA) is 113 Å². The first kappa shape index (κ1) is 29.7. The van der Waals surface area contributed by atoms with Crippen LogP contribution < -0.4 is 10.6 Å². The number of benzene rings is 2. The van der Waals surface area contributed by atoms with Crippen molar-refractivity contribution >= 4 is 21.7 Å². The molecular formula is C30H42N2O5S. The van der Waals surface area contributed by atoms with Gasteiger partial charge in [0.1, 0.15) is 11.3 Å². The van der Waals surface area contributed by atoms with Crippen molar-refractivity contribution in [1.82, 2.24) is 10.6 Å². The van der Waals surface area contributed by atoms with Crippen LogP contribution in [-0.4, -0.2) is 37.1 Å². The summed E-state index contributed by atoms with van der Waals surface area (Å²) in [5, 5.41) is 17.1. The van der Waals surface area contributed by atoms with Gasteiger partial charge < -0.3 is 15.7 Å². The monoisotopic (exact) mass is 542 g/mol. The van der Waals surface area contributed by atoms with E-state index in [0.717, 1.165) is 31.1 Å². The number of hydrogen-bond donors (Lipinski definition) is 3. The summed E-state index contributed by atoms with van der Waals surface area (Å²) in [6.45, 7) is 12.2. The minimum atomic E-state index is -3.30. The maximum atomic E-state index is 13.7. The van der Waals surface area contributed by atoms with Gasteiger partial charge in [-0.2, -0.15) is 0 Å². The molecule has 0 atom stereocenters. The normalized spacial score (nSPS) is 16.1. The minimum Gasteiger partial charge on any atom is -0.507 e. The Hall–Kier alpha value is -2.87. The van der Waals surface area contributed by atoms with Crippen molar-refractivity contribution in [1.29, 1.82) is 0 Å². The lowest BCUT2D eigenvalue weighted by atomic mass is 9.78. The summed E-state index contributed by atoms with van der Waals surface area (Å²) in [5.41, 5.74) is 0.770. The highest BCUT2D eigenvalue weighted by Crippen LogP contribution is 2.40. The van der Waals surface area contributed by atoms with E-state index in [2.05, 4.69) is 10.6 Å². The van der Waals surface area contributed by atoms with Crippen molar-refractivity contribution in [3.63, 3.8) is 0 Å². The summed E-state index contributed by atoms with van der Waals surface area (Å²) < 4.78 is 23.5. The molecule has 0 spiro atoms. The molecule has 2 amide bonds. The van der Waals surface area contributed by atoms with Crippen LogP contribution >= 0.6 is 0 Å². The number of rotatable bonds is 6. The zero-order valence-electron chi connectivity index (χ0n) is 23.7. The van der Waals surface area contributed by atoms with Crippen LogP contribution in [0.5, 0.6) is 5.75 Å². The molecule has 208 valence electrons. The van der Waals surface area contributed by atoms with E-state index in [0.29, 0.717) is 29.5 Å². The molecule has 0 radical (unpaired) electrons. The van der Waals surface area contributed by atoms with Crippen LogP contribution in [0.4, 0.5) is 0 Å². The molecular weight excluding hydrogens is 500 g/mol. The van der Waals surface area contributed by atoms with Crippen molar-refractivity contribution in [2.24, 2.45) is 0 Å². The first-order chi connectivity index (χ1) is 17.4. The summed E-state index contributed by atoms with van der Waals surface area (Å²) >= 11 is 0. The number of hydrogen-bond acceptors (Lipinski definition) is 5. The first-order valence-corrected chi connectivity index (χ1v) is 15.1. The standard InChI is InChI=1S/C30H42N2O5S/c1-28(2,3)23-17-21(18-24(25(23)33)29(4,5)6)26(34)32-30(15-9-8-10-16-30)27(35)31-19-20-11-13-22(14-12-20)38(7,36)37/h11-14,17-18,33H,8-10,15-16,19H2,1-7H3,(H,31,35)(H,32,34). The van der Waals surface area contributed by atoms with Crippen LogP contribution in [0, 0.1) is 0 Å². The quantitative estimate of drug-likeness (QED) is 0.468. The van der Waals surface area contributed by atoms with E-state index >= 15 is 0 Å². The van der Waals surface area contributed by atoms with Gasteiger partial charge in [-0.1, -0.05) is 72.9 Å². The number of amides is 2. The Morgan fingerprint density at radius 2 is 1.39 bits per heavy atom. The number of phenolic OH excluding ortho intramolecular Hbond substituents is 1. The van der Waals surface area contributed by atoms with Gasteiger partial charge in [0, 0.05) is 29.5 Å². The number of nitrogens with one attached hydrogen (secondary N) is 2. The molecule has 2 aromatic carbocycles. The van der Waals surface area contributed by atoms with Crippen LogP contribution in [-0.2, 0) is 32.0 Å². The van der Waals surface area contributed by atoms with Crippen molar-refractivity contribution in [3.05, 3.63) is 58.7 Å². The van der Waals surface area contributed by atoms with Crippen molar-refractivity contribution in [2.75, 3.05) is 6.26 Å². The highest BCUT2D eigenvalue weighted by Gasteiger charge is 2.41. The molecule has 0 heterocycles. The van der Waals surface area contributed by atoms with Gasteiger partial charge in [0.25, 0.3) is 5.91 Å². The number of carbonyl (C=O) groups excluding carboxylic acids is 2. The van der Waals surface area contributed by atoms with E-state index < -0.39 is 15.4 Å². The van der Waals surface area contributed by atoms with Gasteiger partial charge >= 0.3 is 0 Å². The number of phenols is 1. The molecule has 0 bridgehead atoms. The third-order valence-corrected chi connectivity index (χ3v) is 8.42. The third kappa shape index (κ3) is 6.76. The Labute approximate surface area is 227 Å². The highest BCUT2D eigenvalue weighted by atomic mass is 32.2. The zero-order chi connectivity index (χ0) is 28.5. The predicted octanol–water partition coefficient (Wildman–Crippen LogP) is 5.14. The SMILES string of the molecule is CC(C)(C)c1cc(C(=O)NC2(C(=O)NCc3ccc(S(C)(=O)=O)cc3)CCCCC2)cc(C(C)(C)C)c1O. The second-order valence-electron chi connectivity index (χ2n) is 12.6. The van der Waals surface area contributed by atoms with E-state index in [1.165, 1.54) is 12.1 Å². The highest BCUT2D eigenvalue weighted by molar-refractivity contribution is 7.90. The maximum Gasteiger partial charge on any atom is 0.252 e. The molecule has 38 heavy (non-hydrogen) atoms. The molecule has 0 aromatic heterocycles. The molecule has 7 nitrogen and oxygen atoms in total. The summed E-state index contributed by atoms with van der Waals surface area (Å²) in [5.74, 6) is -0.382. The Morgan fingerprint density at radius 3 is 1.84 bits per heavy atom. The molecule has 1 saturated carbocycles. The average Bonchev–Trinajstić information content (AvgIpc) is 2.81.